The number of alkyl carbamates (subject to hydrolysis) is 1. The Morgan fingerprint density at radius 1 is 0.927 bits per heavy atom. The highest BCUT2D eigenvalue weighted by Gasteiger charge is 2.38. The molecule has 2 amide bonds. The topological polar surface area (TPSA) is 180 Å². The molecule has 2 aromatic carbocycles. The average Bonchev–Trinajstić information content (AvgIpc) is 3.10. The lowest BCUT2D eigenvalue weighted by atomic mass is 10.00. The number of benzene rings is 2. The van der Waals surface area contributed by atoms with E-state index in [2.05, 4.69) is 16.0 Å². The number of rotatable bonds is 19. The summed E-state index contributed by atoms with van der Waals surface area (Å²) < 4.78 is 97.9. The second kappa shape index (κ2) is 23.3. The number of alkyl halides is 3. The molecule has 1 unspecified atom stereocenters. The lowest BCUT2D eigenvalue weighted by Gasteiger charge is -2.29. The molecule has 2 aromatic rings. The number of carbonyl (C=O) groups is 3. The summed E-state index contributed by atoms with van der Waals surface area (Å²) in [6, 6.07) is 8.19. The zero-order chi connectivity index (χ0) is 41.2. The van der Waals surface area contributed by atoms with Gasteiger partial charge in [-0.3, -0.25) is 4.79 Å². The monoisotopic (exact) mass is 809 g/mol. The number of hydrogen-bond donors (Lipinski definition) is 5. The molecule has 1 aliphatic heterocycles. The Labute approximate surface area is 318 Å². The molecule has 0 radical (unpaired) electrons. The first-order valence-corrected chi connectivity index (χ1v) is 19.9. The number of carboxylic acids is 1. The average molecular weight is 810 g/mol. The number of aliphatic carboxylic acids is 1. The van der Waals surface area contributed by atoms with E-state index in [9.17, 15) is 45.1 Å². The largest absolute Gasteiger partial charge is 0.490 e. The number of hydrogen-bond acceptors (Lipinski definition) is 9. The van der Waals surface area contributed by atoms with Crippen LogP contribution in [0.5, 0.6) is 0 Å². The number of amides is 2. The summed E-state index contributed by atoms with van der Waals surface area (Å²) in [7, 11) is -3.87. The SMILES string of the molecule is CCCC(CCC)S(=O)(=O)CC(NC(=O)OC1CCOCC1)C(=O)N[C@@H](Cc1cc(F)cc(F)c1)[C@H](O)CNCc1cccc(CC)c1.O=C(O)C(F)(F)F. The Bertz CT molecular complexity index is 1600. The summed E-state index contributed by atoms with van der Waals surface area (Å²) in [5, 5.41) is 26.0. The Morgan fingerprint density at radius 2 is 1.51 bits per heavy atom. The van der Waals surface area contributed by atoms with Crippen molar-refractivity contribution in [1.82, 2.24) is 16.0 Å². The maximum atomic E-state index is 14.1. The van der Waals surface area contributed by atoms with Crippen LogP contribution in [0.4, 0.5) is 26.7 Å². The molecule has 1 heterocycles. The van der Waals surface area contributed by atoms with E-state index in [0.29, 0.717) is 58.3 Å². The van der Waals surface area contributed by atoms with Crippen molar-refractivity contribution in [3.05, 3.63) is 70.8 Å². The van der Waals surface area contributed by atoms with Crippen molar-refractivity contribution in [2.75, 3.05) is 25.5 Å². The van der Waals surface area contributed by atoms with Crippen molar-refractivity contribution < 1.29 is 64.4 Å². The van der Waals surface area contributed by atoms with Gasteiger partial charge in [-0.05, 0) is 54.5 Å². The van der Waals surface area contributed by atoms with Crippen LogP contribution < -0.4 is 16.0 Å². The summed E-state index contributed by atoms with van der Waals surface area (Å²) in [4.78, 5) is 35.7. The Balaban J connectivity index is 0.00000136. The molecule has 5 N–H and O–H groups in total. The van der Waals surface area contributed by atoms with Crippen LogP contribution in [0, 0.1) is 11.6 Å². The minimum Gasteiger partial charge on any atom is -0.475 e. The van der Waals surface area contributed by atoms with E-state index >= 15 is 0 Å². The first-order valence-electron chi connectivity index (χ1n) is 18.2. The van der Waals surface area contributed by atoms with Crippen molar-refractivity contribution in [2.45, 2.75) is 114 Å². The van der Waals surface area contributed by atoms with Crippen molar-refractivity contribution in [2.24, 2.45) is 0 Å². The fourth-order valence-corrected chi connectivity index (χ4v) is 8.00. The van der Waals surface area contributed by atoms with Crippen molar-refractivity contribution in [1.29, 1.82) is 0 Å². The maximum absolute atomic E-state index is 14.1. The lowest BCUT2D eigenvalue weighted by molar-refractivity contribution is -0.192. The molecule has 55 heavy (non-hydrogen) atoms. The summed E-state index contributed by atoms with van der Waals surface area (Å²) in [5.41, 5.74) is 2.31. The highest BCUT2D eigenvalue weighted by Crippen LogP contribution is 2.19. The molecule has 3 atom stereocenters. The molecule has 1 aliphatic rings. The van der Waals surface area contributed by atoms with Crippen molar-refractivity contribution in [3.8, 4) is 0 Å². The third-order valence-electron chi connectivity index (χ3n) is 8.67. The first-order chi connectivity index (χ1) is 25.9. The molecule has 0 aromatic heterocycles. The van der Waals surface area contributed by atoms with Crippen LogP contribution in [0.15, 0.2) is 42.5 Å². The Hall–Kier alpha value is -3.87. The highest BCUT2D eigenvalue weighted by atomic mass is 32.2. The van der Waals surface area contributed by atoms with Gasteiger partial charge in [-0.1, -0.05) is 57.9 Å². The molecule has 0 bridgehead atoms. The van der Waals surface area contributed by atoms with Gasteiger partial charge in [0.25, 0.3) is 0 Å². The number of aliphatic hydroxyl groups excluding tert-OH is 1. The molecule has 3 rings (SSSR count). The molecule has 12 nitrogen and oxygen atoms in total. The quantitative estimate of drug-likeness (QED) is 0.121. The predicted octanol–water partition coefficient (Wildman–Crippen LogP) is 5.00. The predicted molar refractivity (Wildman–Crippen MR) is 194 cm³/mol. The van der Waals surface area contributed by atoms with E-state index in [1.54, 1.807) is 0 Å². The van der Waals surface area contributed by atoms with Gasteiger partial charge < -0.3 is 35.6 Å². The molecular formula is C37H52F5N3O9S. The van der Waals surface area contributed by atoms with Crippen LogP contribution >= 0.6 is 0 Å². The number of sulfone groups is 1. The van der Waals surface area contributed by atoms with Gasteiger partial charge in [-0.15, -0.1) is 0 Å². The van der Waals surface area contributed by atoms with Gasteiger partial charge in [-0.2, -0.15) is 13.2 Å². The molecular weight excluding hydrogens is 757 g/mol. The number of carbonyl (C=O) groups excluding carboxylic acids is 2. The molecule has 0 spiro atoms. The van der Waals surface area contributed by atoms with E-state index < -0.39 is 80.9 Å². The molecule has 310 valence electrons. The van der Waals surface area contributed by atoms with Gasteiger partial charge in [0.15, 0.2) is 9.84 Å². The van der Waals surface area contributed by atoms with Gasteiger partial charge in [0.2, 0.25) is 5.91 Å². The first kappa shape index (κ1) is 47.3. The van der Waals surface area contributed by atoms with Crippen LogP contribution in [-0.4, -0.2) is 97.8 Å². The molecule has 0 aliphatic carbocycles. The van der Waals surface area contributed by atoms with Crippen LogP contribution in [0.3, 0.4) is 0 Å². The zero-order valence-corrected chi connectivity index (χ0v) is 32.0. The van der Waals surface area contributed by atoms with Crippen LogP contribution in [0.25, 0.3) is 0 Å². The number of halogens is 5. The summed E-state index contributed by atoms with van der Waals surface area (Å²) >= 11 is 0. The smallest absolute Gasteiger partial charge is 0.475 e. The third-order valence-corrected chi connectivity index (χ3v) is 11.0. The van der Waals surface area contributed by atoms with E-state index in [1.165, 1.54) is 0 Å². The Morgan fingerprint density at radius 3 is 2.05 bits per heavy atom. The number of ether oxygens (including phenoxy) is 2. The second-order valence-electron chi connectivity index (χ2n) is 13.2. The van der Waals surface area contributed by atoms with Crippen LogP contribution in [-0.2, 0) is 48.3 Å². The number of carboxylic acid groups (broad SMARTS) is 1. The number of aliphatic hydroxyl groups is 1. The molecule has 0 saturated carbocycles. The maximum Gasteiger partial charge on any atom is 0.490 e. The fraction of sp³-hybridized carbons (Fsp3) is 0.595. The molecule has 1 fully saturated rings. The Kier molecular flexibility index (Phi) is 20.0. The van der Waals surface area contributed by atoms with E-state index in [0.717, 1.165) is 35.7 Å². The highest BCUT2D eigenvalue weighted by molar-refractivity contribution is 7.92. The normalized spacial score (nSPS) is 15.3. The molecule has 18 heteroatoms. The van der Waals surface area contributed by atoms with Gasteiger partial charge in [0, 0.05) is 32.0 Å². The van der Waals surface area contributed by atoms with Gasteiger partial charge >= 0.3 is 18.2 Å². The number of aryl methyl sites for hydroxylation is 1. The van der Waals surface area contributed by atoms with E-state index in [-0.39, 0.29) is 18.5 Å². The number of nitrogens with one attached hydrogen (secondary N) is 3. The van der Waals surface area contributed by atoms with Crippen LogP contribution in [0.2, 0.25) is 0 Å². The second-order valence-corrected chi connectivity index (χ2v) is 15.5. The van der Waals surface area contributed by atoms with Gasteiger partial charge in [0.05, 0.1) is 36.4 Å². The third kappa shape index (κ3) is 17.6. The van der Waals surface area contributed by atoms with E-state index in [4.69, 9.17) is 19.4 Å². The van der Waals surface area contributed by atoms with Crippen LogP contribution in [0.1, 0.15) is 76.0 Å². The van der Waals surface area contributed by atoms with E-state index in [1.807, 2.05) is 45.0 Å². The van der Waals surface area contributed by atoms with Crippen molar-refractivity contribution in [3.63, 3.8) is 0 Å². The van der Waals surface area contributed by atoms with Crippen molar-refractivity contribution >= 4 is 27.8 Å². The summed E-state index contributed by atoms with van der Waals surface area (Å²) in [6.45, 7) is 7.02. The minimum absolute atomic E-state index is 0.00361. The van der Waals surface area contributed by atoms with Gasteiger partial charge in [0.1, 0.15) is 23.8 Å². The fourth-order valence-electron chi connectivity index (χ4n) is 5.84. The van der Waals surface area contributed by atoms with Gasteiger partial charge in [-0.25, -0.2) is 26.8 Å². The summed E-state index contributed by atoms with van der Waals surface area (Å²) in [6.07, 6.45) is -4.08. The molecule has 1 saturated heterocycles. The summed E-state index contributed by atoms with van der Waals surface area (Å²) in [5.74, 6) is -5.95. The zero-order valence-electron chi connectivity index (χ0n) is 31.2. The lowest BCUT2D eigenvalue weighted by Crippen LogP contribution is -2.57. The minimum atomic E-state index is -5.08. The standard InChI is InChI=1S/C35H51F2N3O7S.C2HF3O2/c1-4-8-30(9-5-2)48(44,45)23-32(40-35(43)47-29-12-14-46-15-13-29)34(42)39-31(19-26-17-27(36)20-28(37)18-26)33(41)22-38-21-25-11-7-10-24(6-3)16-25;3-2(4,5)1(6)7/h7,10-11,16-18,20,29-33,38,41H,4-6,8-9,12-15,19,21-23H2,1-3H3,(H,39,42)(H,40,43);(H,6,7)/t31-,32?,33+;/m0./s1.